The molecule has 0 bridgehead atoms. The lowest BCUT2D eigenvalue weighted by Crippen LogP contribution is -2.50. The van der Waals surface area contributed by atoms with Crippen LogP contribution >= 0.6 is 0 Å². The molecule has 1 fully saturated rings. The molecule has 0 spiro atoms. The van der Waals surface area contributed by atoms with Crippen molar-refractivity contribution in [3.05, 3.63) is 35.4 Å². The van der Waals surface area contributed by atoms with E-state index in [0.29, 0.717) is 45.6 Å². The van der Waals surface area contributed by atoms with E-state index in [1.807, 2.05) is 24.0 Å². The maximum atomic E-state index is 12.5. The average molecular weight is 450 g/mol. The molecular formula is C22H35N5O3S. The first-order valence-electron chi connectivity index (χ1n) is 11.3. The highest BCUT2D eigenvalue weighted by atomic mass is 32.2. The second-order valence-electron chi connectivity index (χ2n) is 8.10. The standard InChI is InChI=1S/C22H35N5O3S/c1-3-23-22(25-20-11-14-27(15-12-20)31(29,30)4-2)24-13-7-10-21(28)26-16-18-8-5-6-9-19(18)17-26/h5-6,8-9,20H,3-4,7,10-17H2,1-2H3,(H2,23,24,25). The highest BCUT2D eigenvalue weighted by molar-refractivity contribution is 7.89. The largest absolute Gasteiger partial charge is 0.357 e. The Balaban J connectivity index is 1.41. The van der Waals surface area contributed by atoms with Crippen molar-refractivity contribution in [3.63, 3.8) is 0 Å². The fraction of sp³-hybridized carbons (Fsp3) is 0.636. The second kappa shape index (κ2) is 10.9. The van der Waals surface area contributed by atoms with E-state index in [2.05, 4.69) is 27.8 Å². The Hall–Kier alpha value is -2.13. The number of nitrogens with zero attached hydrogens (tertiary/aromatic N) is 3. The first kappa shape index (κ1) is 23.5. The molecule has 3 rings (SSSR count). The normalized spacial score (nSPS) is 18.1. The summed E-state index contributed by atoms with van der Waals surface area (Å²) in [7, 11) is -3.11. The summed E-state index contributed by atoms with van der Waals surface area (Å²) in [6.07, 6.45) is 2.72. The summed E-state index contributed by atoms with van der Waals surface area (Å²) >= 11 is 0. The van der Waals surface area contributed by atoms with E-state index < -0.39 is 10.0 Å². The molecule has 1 amide bonds. The lowest BCUT2D eigenvalue weighted by Gasteiger charge is -2.32. The van der Waals surface area contributed by atoms with Crippen LogP contribution in [-0.2, 0) is 27.9 Å². The van der Waals surface area contributed by atoms with Gasteiger partial charge >= 0.3 is 0 Å². The van der Waals surface area contributed by atoms with Gasteiger partial charge in [0, 0.05) is 51.7 Å². The third-order valence-electron chi connectivity index (χ3n) is 5.91. The molecule has 1 aromatic carbocycles. The molecule has 0 radical (unpaired) electrons. The molecular weight excluding hydrogens is 414 g/mol. The number of sulfonamides is 1. The Morgan fingerprint density at radius 2 is 1.77 bits per heavy atom. The number of hydrogen-bond donors (Lipinski definition) is 2. The van der Waals surface area contributed by atoms with Gasteiger partial charge in [0.05, 0.1) is 5.75 Å². The summed E-state index contributed by atoms with van der Waals surface area (Å²) in [5.74, 6) is 1.06. The lowest BCUT2D eigenvalue weighted by molar-refractivity contribution is -0.131. The van der Waals surface area contributed by atoms with Gasteiger partial charge in [0.1, 0.15) is 0 Å². The zero-order valence-electron chi connectivity index (χ0n) is 18.6. The fourth-order valence-corrected chi connectivity index (χ4v) is 5.20. The number of benzene rings is 1. The Kier molecular flexibility index (Phi) is 8.31. The van der Waals surface area contributed by atoms with Crippen molar-refractivity contribution in [2.24, 2.45) is 4.99 Å². The molecule has 0 saturated carbocycles. The van der Waals surface area contributed by atoms with Crippen LogP contribution in [-0.4, -0.2) is 67.5 Å². The van der Waals surface area contributed by atoms with Crippen LogP contribution < -0.4 is 10.6 Å². The molecule has 0 aliphatic carbocycles. The van der Waals surface area contributed by atoms with Crippen molar-refractivity contribution in [2.75, 3.05) is 31.9 Å². The quantitative estimate of drug-likeness (QED) is 0.358. The lowest BCUT2D eigenvalue weighted by atomic mass is 10.1. The van der Waals surface area contributed by atoms with Crippen LogP contribution in [0.1, 0.15) is 50.7 Å². The molecule has 0 unspecified atom stereocenters. The van der Waals surface area contributed by atoms with E-state index >= 15 is 0 Å². The molecule has 1 aromatic rings. The molecule has 0 atom stereocenters. The molecule has 8 nitrogen and oxygen atoms in total. The maximum absolute atomic E-state index is 12.5. The SMILES string of the molecule is CCNC(=NCCCC(=O)N1Cc2ccccc2C1)NC1CCN(S(=O)(=O)CC)CC1. The van der Waals surface area contributed by atoms with Gasteiger partial charge in [-0.25, -0.2) is 12.7 Å². The van der Waals surface area contributed by atoms with Gasteiger partial charge in [0.15, 0.2) is 5.96 Å². The van der Waals surface area contributed by atoms with E-state index in [-0.39, 0.29) is 17.7 Å². The van der Waals surface area contributed by atoms with Crippen molar-refractivity contribution >= 4 is 21.9 Å². The Morgan fingerprint density at radius 1 is 1.13 bits per heavy atom. The second-order valence-corrected chi connectivity index (χ2v) is 10.4. The van der Waals surface area contributed by atoms with Gasteiger partial charge in [-0.05, 0) is 44.2 Å². The van der Waals surface area contributed by atoms with Crippen LogP contribution in [0.5, 0.6) is 0 Å². The Bertz CT molecular complexity index is 854. The number of aliphatic imine (C=N–C) groups is 1. The minimum atomic E-state index is -3.11. The van der Waals surface area contributed by atoms with Gasteiger partial charge in [-0.15, -0.1) is 0 Å². The molecule has 172 valence electrons. The van der Waals surface area contributed by atoms with Crippen LogP contribution in [0, 0.1) is 0 Å². The summed E-state index contributed by atoms with van der Waals surface area (Å²) in [6.45, 7) is 7.51. The minimum Gasteiger partial charge on any atom is -0.357 e. The molecule has 2 N–H and O–H groups in total. The van der Waals surface area contributed by atoms with Gasteiger partial charge in [-0.2, -0.15) is 0 Å². The van der Waals surface area contributed by atoms with Crippen LogP contribution in [0.25, 0.3) is 0 Å². The van der Waals surface area contributed by atoms with Gasteiger partial charge < -0.3 is 15.5 Å². The minimum absolute atomic E-state index is 0.150. The van der Waals surface area contributed by atoms with E-state index in [9.17, 15) is 13.2 Å². The Labute approximate surface area is 186 Å². The summed E-state index contributed by atoms with van der Waals surface area (Å²) in [5.41, 5.74) is 2.48. The zero-order chi connectivity index (χ0) is 22.3. The van der Waals surface area contributed by atoms with Gasteiger partial charge in [0.25, 0.3) is 0 Å². The zero-order valence-corrected chi connectivity index (χ0v) is 19.5. The van der Waals surface area contributed by atoms with E-state index in [1.165, 1.54) is 11.1 Å². The van der Waals surface area contributed by atoms with Crippen LogP contribution in [0.4, 0.5) is 0 Å². The van der Waals surface area contributed by atoms with Crippen molar-refractivity contribution in [3.8, 4) is 0 Å². The summed E-state index contributed by atoms with van der Waals surface area (Å²) in [4.78, 5) is 19.1. The maximum Gasteiger partial charge on any atom is 0.223 e. The van der Waals surface area contributed by atoms with Crippen molar-refractivity contribution in [1.29, 1.82) is 0 Å². The predicted molar refractivity (Wildman–Crippen MR) is 123 cm³/mol. The predicted octanol–water partition coefficient (Wildman–Crippen LogP) is 1.68. The molecule has 2 heterocycles. The molecule has 9 heteroatoms. The van der Waals surface area contributed by atoms with Gasteiger partial charge in [-0.3, -0.25) is 9.79 Å². The van der Waals surface area contributed by atoms with Crippen LogP contribution in [0.15, 0.2) is 29.3 Å². The van der Waals surface area contributed by atoms with Crippen LogP contribution in [0.3, 0.4) is 0 Å². The monoisotopic (exact) mass is 449 g/mol. The first-order valence-corrected chi connectivity index (χ1v) is 12.9. The highest BCUT2D eigenvalue weighted by Gasteiger charge is 2.27. The topological polar surface area (TPSA) is 94.1 Å². The van der Waals surface area contributed by atoms with Crippen LogP contribution in [0.2, 0.25) is 0 Å². The van der Waals surface area contributed by atoms with Crippen molar-refractivity contribution < 1.29 is 13.2 Å². The van der Waals surface area contributed by atoms with E-state index in [0.717, 1.165) is 25.3 Å². The fourth-order valence-electron chi connectivity index (χ4n) is 4.06. The molecule has 31 heavy (non-hydrogen) atoms. The highest BCUT2D eigenvalue weighted by Crippen LogP contribution is 2.23. The smallest absolute Gasteiger partial charge is 0.223 e. The number of rotatable bonds is 8. The van der Waals surface area contributed by atoms with Crippen molar-refractivity contribution in [1.82, 2.24) is 19.8 Å². The number of hydrogen-bond acceptors (Lipinski definition) is 4. The summed E-state index contributed by atoms with van der Waals surface area (Å²) in [5, 5.41) is 6.67. The summed E-state index contributed by atoms with van der Waals surface area (Å²) in [6, 6.07) is 8.41. The average Bonchev–Trinajstić information content (AvgIpc) is 3.21. The van der Waals surface area contributed by atoms with E-state index in [1.54, 1.807) is 11.2 Å². The molecule has 0 aromatic heterocycles. The van der Waals surface area contributed by atoms with Crippen molar-refractivity contribution in [2.45, 2.75) is 58.7 Å². The third kappa shape index (κ3) is 6.43. The number of fused-ring (bicyclic) bond motifs is 1. The Morgan fingerprint density at radius 3 is 2.35 bits per heavy atom. The van der Waals surface area contributed by atoms with Gasteiger partial charge in [-0.1, -0.05) is 24.3 Å². The summed E-state index contributed by atoms with van der Waals surface area (Å²) < 4.78 is 25.6. The van der Waals surface area contributed by atoms with Gasteiger partial charge in [0.2, 0.25) is 15.9 Å². The number of carbonyl (C=O) groups is 1. The first-order chi connectivity index (χ1) is 14.9. The molecule has 2 aliphatic rings. The number of amides is 1. The number of piperidine rings is 1. The number of nitrogens with one attached hydrogen (secondary N) is 2. The number of guanidine groups is 1. The third-order valence-corrected chi connectivity index (χ3v) is 7.79. The van der Waals surface area contributed by atoms with E-state index in [4.69, 9.17) is 0 Å². The molecule has 2 aliphatic heterocycles. The molecule has 1 saturated heterocycles. The number of carbonyl (C=O) groups excluding carboxylic acids is 1.